The van der Waals surface area contributed by atoms with Crippen molar-refractivity contribution in [2.75, 3.05) is 24.1 Å². The van der Waals surface area contributed by atoms with E-state index in [9.17, 15) is 22.0 Å². The van der Waals surface area contributed by atoms with Crippen molar-refractivity contribution in [2.45, 2.75) is 30.2 Å². The highest BCUT2D eigenvalue weighted by Crippen LogP contribution is 2.31. The number of sulfonamides is 1. The second-order valence-corrected chi connectivity index (χ2v) is 10.6. The van der Waals surface area contributed by atoms with Gasteiger partial charge < -0.3 is 16.4 Å². The van der Waals surface area contributed by atoms with E-state index in [0.717, 1.165) is 55.3 Å². The van der Waals surface area contributed by atoms with E-state index in [-0.39, 0.29) is 26.8 Å². The number of anilines is 3. The number of carbonyl (C=O) groups excluding carboxylic acids is 1. The average molecular weight is 508 g/mol. The second-order valence-electron chi connectivity index (χ2n) is 7.81. The summed E-state index contributed by atoms with van der Waals surface area (Å²) >= 11 is 0.841. The average Bonchev–Trinajstić information content (AvgIpc) is 3.18. The van der Waals surface area contributed by atoms with Crippen LogP contribution in [0.4, 0.5) is 25.4 Å². The Morgan fingerprint density at radius 3 is 2.50 bits per heavy atom. The SMILES string of the molecule is Nc1nc(Nc2ccc(S(=O)(=O)NCC3CCCCN3)cc2)sc1C(=O)c1c(F)cccc1F. The number of aromatic nitrogens is 1. The maximum atomic E-state index is 14.0. The normalized spacial score (nSPS) is 16.4. The van der Waals surface area contributed by atoms with Crippen molar-refractivity contribution < 1.29 is 22.0 Å². The van der Waals surface area contributed by atoms with Crippen LogP contribution in [-0.2, 0) is 10.0 Å². The number of nitrogens with one attached hydrogen (secondary N) is 3. The lowest BCUT2D eigenvalue weighted by Gasteiger charge is -2.23. The van der Waals surface area contributed by atoms with Crippen molar-refractivity contribution in [3.8, 4) is 0 Å². The summed E-state index contributed by atoms with van der Waals surface area (Å²) in [6.45, 7) is 1.21. The number of nitrogens with zero attached hydrogens (tertiary/aromatic N) is 1. The predicted molar refractivity (Wildman–Crippen MR) is 127 cm³/mol. The number of hydrogen-bond acceptors (Lipinski definition) is 8. The molecule has 0 aliphatic carbocycles. The Labute approximate surface area is 199 Å². The van der Waals surface area contributed by atoms with E-state index in [1.165, 1.54) is 12.1 Å². The lowest BCUT2D eigenvalue weighted by Crippen LogP contribution is -2.43. The minimum absolute atomic E-state index is 0.105. The molecule has 34 heavy (non-hydrogen) atoms. The third-order valence-electron chi connectivity index (χ3n) is 5.40. The molecule has 1 saturated heterocycles. The van der Waals surface area contributed by atoms with Crippen LogP contribution in [0.2, 0.25) is 0 Å². The summed E-state index contributed by atoms with van der Waals surface area (Å²) < 4.78 is 55.7. The highest BCUT2D eigenvalue weighted by molar-refractivity contribution is 7.89. The molecule has 1 aromatic heterocycles. The van der Waals surface area contributed by atoms with E-state index in [1.807, 2.05) is 0 Å². The van der Waals surface area contributed by atoms with E-state index >= 15 is 0 Å². The molecule has 4 rings (SSSR count). The van der Waals surface area contributed by atoms with Gasteiger partial charge in [0, 0.05) is 18.3 Å². The summed E-state index contributed by atoms with van der Waals surface area (Å²) in [5, 5.41) is 6.43. The Balaban J connectivity index is 1.44. The fourth-order valence-corrected chi connectivity index (χ4v) is 5.54. The summed E-state index contributed by atoms with van der Waals surface area (Å²) in [7, 11) is -3.67. The first-order chi connectivity index (χ1) is 16.2. The summed E-state index contributed by atoms with van der Waals surface area (Å²) in [5.74, 6) is -3.05. The minimum Gasteiger partial charge on any atom is -0.382 e. The van der Waals surface area contributed by atoms with E-state index in [4.69, 9.17) is 5.73 Å². The van der Waals surface area contributed by atoms with Crippen LogP contribution in [0.25, 0.3) is 0 Å². The van der Waals surface area contributed by atoms with Gasteiger partial charge in [-0.1, -0.05) is 23.8 Å². The lowest BCUT2D eigenvalue weighted by molar-refractivity contribution is 0.103. The van der Waals surface area contributed by atoms with Crippen LogP contribution in [0.3, 0.4) is 0 Å². The van der Waals surface area contributed by atoms with Gasteiger partial charge in [0.1, 0.15) is 22.3 Å². The number of ketones is 1. The molecule has 0 saturated carbocycles. The Morgan fingerprint density at radius 2 is 1.85 bits per heavy atom. The van der Waals surface area contributed by atoms with Crippen LogP contribution in [0, 0.1) is 11.6 Å². The highest BCUT2D eigenvalue weighted by Gasteiger charge is 2.24. The Kier molecular flexibility index (Phi) is 7.22. The molecular weight excluding hydrogens is 484 g/mol. The zero-order valence-electron chi connectivity index (χ0n) is 18.0. The van der Waals surface area contributed by atoms with Gasteiger partial charge in [0.15, 0.2) is 5.13 Å². The molecule has 1 aliphatic heterocycles. The van der Waals surface area contributed by atoms with Crippen LogP contribution >= 0.6 is 11.3 Å². The topological polar surface area (TPSA) is 126 Å². The van der Waals surface area contributed by atoms with Crippen molar-refractivity contribution in [3.63, 3.8) is 0 Å². The number of thiazole rings is 1. The molecule has 0 radical (unpaired) electrons. The van der Waals surface area contributed by atoms with Crippen molar-refractivity contribution in [2.24, 2.45) is 0 Å². The van der Waals surface area contributed by atoms with Gasteiger partial charge in [-0.05, 0) is 55.8 Å². The van der Waals surface area contributed by atoms with Crippen LogP contribution in [0.15, 0.2) is 47.4 Å². The van der Waals surface area contributed by atoms with Gasteiger partial charge in [-0.2, -0.15) is 0 Å². The van der Waals surface area contributed by atoms with Gasteiger partial charge in [0.2, 0.25) is 15.8 Å². The molecule has 1 aliphatic rings. The van der Waals surface area contributed by atoms with Crippen LogP contribution in [-0.4, -0.2) is 38.3 Å². The van der Waals surface area contributed by atoms with Gasteiger partial charge in [-0.15, -0.1) is 0 Å². The first-order valence-electron chi connectivity index (χ1n) is 10.6. The largest absolute Gasteiger partial charge is 0.382 e. The molecule has 3 aromatic rings. The Morgan fingerprint density at radius 1 is 1.15 bits per heavy atom. The quantitative estimate of drug-likeness (QED) is 0.344. The van der Waals surface area contributed by atoms with Crippen LogP contribution < -0.4 is 21.1 Å². The lowest BCUT2D eigenvalue weighted by atomic mass is 10.1. The fourth-order valence-electron chi connectivity index (χ4n) is 3.61. The van der Waals surface area contributed by atoms with Crippen LogP contribution in [0.1, 0.15) is 34.5 Å². The Hall–Kier alpha value is -2.93. The van der Waals surface area contributed by atoms with Crippen molar-refractivity contribution >= 4 is 43.8 Å². The van der Waals surface area contributed by atoms with E-state index in [0.29, 0.717) is 12.2 Å². The Bertz CT molecular complexity index is 1270. The maximum Gasteiger partial charge on any atom is 0.240 e. The van der Waals surface area contributed by atoms with Crippen LogP contribution in [0.5, 0.6) is 0 Å². The molecule has 0 bridgehead atoms. The smallest absolute Gasteiger partial charge is 0.240 e. The second kappa shape index (κ2) is 10.1. The van der Waals surface area contributed by atoms with Crippen molar-refractivity contribution in [1.29, 1.82) is 0 Å². The van der Waals surface area contributed by atoms with Gasteiger partial charge in [-0.3, -0.25) is 4.79 Å². The number of benzene rings is 2. The molecule has 1 unspecified atom stereocenters. The minimum atomic E-state index is -3.67. The number of hydrogen-bond donors (Lipinski definition) is 4. The molecule has 0 spiro atoms. The third kappa shape index (κ3) is 5.41. The van der Waals surface area contributed by atoms with Crippen molar-refractivity contribution in [1.82, 2.24) is 15.0 Å². The molecule has 5 N–H and O–H groups in total. The van der Waals surface area contributed by atoms with Gasteiger partial charge in [0.25, 0.3) is 0 Å². The molecule has 8 nitrogen and oxygen atoms in total. The summed E-state index contributed by atoms with van der Waals surface area (Å²) in [5.41, 5.74) is 5.61. The first-order valence-corrected chi connectivity index (χ1v) is 12.9. The summed E-state index contributed by atoms with van der Waals surface area (Å²) in [6, 6.07) is 9.23. The molecule has 2 heterocycles. The first kappa shape index (κ1) is 24.2. The van der Waals surface area contributed by atoms with E-state index < -0.39 is 33.0 Å². The molecule has 1 fully saturated rings. The fraction of sp³-hybridized carbons (Fsp3) is 0.273. The van der Waals surface area contributed by atoms with Gasteiger partial charge in [0.05, 0.1) is 10.5 Å². The molecule has 180 valence electrons. The highest BCUT2D eigenvalue weighted by atomic mass is 32.2. The number of rotatable bonds is 8. The molecule has 2 aromatic carbocycles. The van der Waals surface area contributed by atoms with E-state index in [2.05, 4.69) is 20.3 Å². The number of nitrogens with two attached hydrogens (primary N) is 1. The monoisotopic (exact) mass is 507 g/mol. The molecular formula is C22H23F2N5O3S2. The standard InChI is InChI=1S/C22H23F2N5O3S2/c23-16-5-3-6-17(24)18(16)19(30)20-21(25)29-22(33-20)28-13-7-9-15(10-8-13)34(31,32)27-12-14-4-1-2-11-26-14/h3,5-10,14,26-27H,1-2,4,11-12,25H2,(H,28,29). The number of piperidine rings is 1. The number of halogens is 2. The zero-order chi connectivity index (χ0) is 24.3. The van der Waals surface area contributed by atoms with Gasteiger partial charge in [-0.25, -0.2) is 26.9 Å². The summed E-state index contributed by atoms with van der Waals surface area (Å²) in [4.78, 5) is 16.7. The number of nitrogen functional groups attached to an aromatic ring is 1. The molecule has 1 atom stereocenters. The zero-order valence-corrected chi connectivity index (χ0v) is 19.6. The molecule has 12 heteroatoms. The van der Waals surface area contributed by atoms with E-state index in [1.54, 1.807) is 12.1 Å². The predicted octanol–water partition coefficient (Wildman–Crippen LogP) is 3.40. The third-order valence-corrected chi connectivity index (χ3v) is 7.82. The maximum absolute atomic E-state index is 14.0. The molecule has 0 amide bonds. The van der Waals surface area contributed by atoms with Gasteiger partial charge >= 0.3 is 0 Å². The number of carbonyl (C=O) groups is 1. The summed E-state index contributed by atoms with van der Waals surface area (Å²) in [6.07, 6.45) is 3.10. The van der Waals surface area contributed by atoms with Crippen molar-refractivity contribution in [3.05, 3.63) is 64.5 Å².